The monoisotopic (exact) mass is 424 g/mol. The Hall–Kier alpha value is -3.02. The van der Waals surface area contributed by atoms with Crippen molar-refractivity contribution in [1.82, 2.24) is 5.32 Å². The number of rotatable bonds is 7. The molecule has 2 aromatic carbocycles. The maximum Gasteiger partial charge on any atom is 0.227 e. The Labute approximate surface area is 184 Å². The van der Waals surface area contributed by atoms with Gasteiger partial charge in [-0.05, 0) is 56.5 Å². The number of hydrogen-bond donors (Lipinski definition) is 1. The second kappa shape index (κ2) is 9.86. The van der Waals surface area contributed by atoms with E-state index in [1.54, 1.807) is 19.1 Å². The number of amides is 2. The molecule has 3 rings (SSSR count). The quantitative estimate of drug-likeness (QED) is 0.715. The third kappa shape index (κ3) is 4.84. The minimum absolute atomic E-state index is 0.0104. The Kier molecular flexibility index (Phi) is 7.21. The van der Waals surface area contributed by atoms with Gasteiger partial charge in [-0.3, -0.25) is 9.59 Å². The molecule has 3 atom stereocenters. The van der Waals surface area contributed by atoms with E-state index in [1.807, 2.05) is 63.2 Å². The second-order valence-electron chi connectivity index (χ2n) is 8.12. The van der Waals surface area contributed by atoms with Gasteiger partial charge < -0.3 is 19.7 Å². The van der Waals surface area contributed by atoms with Crippen LogP contribution in [-0.2, 0) is 9.59 Å². The normalized spacial score (nSPS) is 19.6. The third-order valence-electron chi connectivity index (χ3n) is 6.00. The average molecular weight is 425 g/mol. The fourth-order valence-electron chi connectivity index (χ4n) is 4.05. The lowest BCUT2D eigenvalue weighted by Crippen LogP contribution is -2.49. The Morgan fingerprint density at radius 2 is 1.81 bits per heavy atom. The highest BCUT2D eigenvalue weighted by Gasteiger charge is 2.42. The van der Waals surface area contributed by atoms with Crippen molar-refractivity contribution < 1.29 is 19.1 Å². The molecule has 1 saturated heterocycles. The van der Waals surface area contributed by atoms with Gasteiger partial charge in [0.25, 0.3) is 0 Å². The van der Waals surface area contributed by atoms with Gasteiger partial charge in [0.15, 0.2) is 11.5 Å². The van der Waals surface area contributed by atoms with Crippen LogP contribution >= 0.6 is 0 Å². The minimum Gasteiger partial charge on any atom is -0.493 e. The summed E-state index contributed by atoms with van der Waals surface area (Å²) >= 11 is 0. The molecule has 0 aromatic heterocycles. The molecular formula is C25H32N2O4. The molecule has 1 fully saturated rings. The maximum atomic E-state index is 13.3. The van der Waals surface area contributed by atoms with Crippen LogP contribution in [0.4, 0.5) is 5.69 Å². The van der Waals surface area contributed by atoms with Gasteiger partial charge in [0.2, 0.25) is 11.8 Å². The van der Waals surface area contributed by atoms with E-state index in [9.17, 15) is 9.59 Å². The summed E-state index contributed by atoms with van der Waals surface area (Å²) in [5, 5.41) is 3.11. The van der Waals surface area contributed by atoms with Crippen molar-refractivity contribution in [2.24, 2.45) is 5.92 Å². The van der Waals surface area contributed by atoms with E-state index in [4.69, 9.17) is 9.47 Å². The SMILES string of the molecule is CC[C@H](C)NC(=O)[C@@H]1CCC(=O)N(c2ccc(C)cc2)[C@@H]1c1ccc(OC)c(OC)c1. The summed E-state index contributed by atoms with van der Waals surface area (Å²) in [7, 11) is 3.17. The predicted molar refractivity (Wildman–Crippen MR) is 122 cm³/mol. The first-order valence-electron chi connectivity index (χ1n) is 10.8. The lowest BCUT2D eigenvalue weighted by molar-refractivity contribution is -0.129. The van der Waals surface area contributed by atoms with Gasteiger partial charge in [0, 0.05) is 18.2 Å². The molecule has 0 radical (unpaired) electrons. The number of methoxy groups -OCH3 is 2. The van der Waals surface area contributed by atoms with Crippen LogP contribution in [0.1, 0.15) is 50.3 Å². The lowest BCUT2D eigenvalue weighted by atomic mass is 9.82. The Balaban J connectivity index is 2.10. The van der Waals surface area contributed by atoms with Crippen LogP contribution in [0.15, 0.2) is 42.5 Å². The van der Waals surface area contributed by atoms with E-state index in [0.29, 0.717) is 24.3 Å². The van der Waals surface area contributed by atoms with Crippen LogP contribution < -0.4 is 19.7 Å². The molecule has 2 aromatic rings. The molecule has 2 amide bonds. The molecule has 0 saturated carbocycles. The summed E-state index contributed by atoms with van der Waals surface area (Å²) in [6.45, 7) is 6.05. The average Bonchev–Trinajstić information content (AvgIpc) is 2.78. The molecule has 6 heteroatoms. The van der Waals surface area contributed by atoms with Crippen LogP contribution in [-0.4, -0.2) is 32.1 Å². The van der Waals surface area contributed by atoms with E-state index in [2.05, 4.69) is 5.32 Å². The van der Waals surface area contributed by atoms with Gasteiger partial charge >= 0.3 is 0 Å². The van der Waals surface area contributed by atoms with Crippen LogP contribution in [0.3, 0.4) is 0 Å². The van der Waals surface area contributed by atoms with Gasteiger partial charge in [-0.1, -0.05) is 30.7 Å². The first-order valence-corrected chi connectivity index (χ1v) is 10.8. The van der Waals surface area contributed by atoms with Crippen LogP contribution in [0, 0.1) is 12.8 Å². The van der Waals surface area contributed by atoms with E-state index >= 15 is 0 Å². The Morgan fingerprint density at radius 1 is 1.13 bits per heavy atom. The number of carbonyl (C=O) groups excluding carboxylic acids is 2. The summed E-state index contributed by atoms with van der Waals surface area (Å²) in [5.74, 6) is 0.792. The number of nitrogens with zero attached hydrogens (tertiary/aromatic N) is 1. The molecule has 6 nitrogen and oxygen atoms in total. The largest absolute Gasteiger partial charge is 0.493 e. The zero-order valence-corrected chi connectivity index (χ0v) is 19.0. The highest BCUT2D eigenvalue weighted by atomic mass is 16.5. The molecule has 31 heavy (non-hydrogen) atoms. The van der Waals surface area contributed by atoms with Crippen LogP contribution in [0.5, 0.6) is 11.5 Å². The number of piperidine rings is 1. The van der Waals surface area contributed by atoms with Crippen molar-refractivity contribution in [2.45, 2.75) is 52.1 Å². The number of ether oxygens (including phenoxy) is 2. The van der Waals surface area contributed by atoms with Gasteiger partial charge in [0.05, 0.1) is 26.2 Å². The lowest BCUT2D eigenvalue weighted by Gasteiger charge is -2.41. The molecule has 166 valence electrons. The summed E-state index contributed by atoms with van der Waals surface area (Å²) in [4.78, 5) is 28.2. The van der Waals surface area contributed by atoms with Crippen LogP contribution in [0.2, 0.25) is 0 Å². The van der Waals surface area contributed by atoms with Gasteiger partial charge in [-0.15, -0.1) is 0 Å². The van der Waals surface area contributed by atoms with Crippen molar-refractivity contribution in [1.29, 1.82) is 0 Å². The van der Waals surface area contributed by atoms with E-state index in [1.165, 1.54) is 0 Å². The molecule has 1 aliphatic rings. The molecule has 0 aliphatic carbocycles. The third-order valence-corrected chi connectivity index (χ3v) is 6.00. The number of nitrogens with one attached hydrogen (secondary N) is 1. The fraction of sp³-hybridized carbons (Fsp3) is 0.440. The van der Waals surface area contributed by atoms with Crippen molar-refractivity contribution in [2.75, 3.05) is 19.1 Å². The van der Waals surface area contributed by atoms with Gasteiger partial charge in [-0.25, -0.2) is 0 Å². The molecule has 0 spiro atoms. The first kappa shape index (κ1) is 22.7. The van der Waals surface area contributed by atoms with Gasteiger partial charge in [0.1, 0.15) is 0 Å². The summed E-state index contributed by atoms with van der Waals surface area (Å²) < 4.78 is 10.9. The molecule has 0 bridgehead atoms. The first-order chi connectivity index (χ1) is 14.9. The number of anilines is 1. The molecule has 1 N–H and O–H groups in total. The Bertz CT molecular complexity index is 926. The number of aryl methyl sites for hydroxylation is 1. The minimum atomic E-state index is -0.437. The summed E-state index contributed by atoms with van der Waals surface area (Å²) in [6, 6.07) is 13.1. The molecule has 1 heterocycles. The van der Waals surface area contributed by atoms with Gasteiger partial charge in [-0.2, -0.15) is 0 Å². The zero-order chi connectivity index (χ0) is 22.5. The fourth-order valence-corrected chi connectivity index (χ4v) is 4.05. The highest BCUT2D eigenvalue weighted by Crippen LogP contribution is 2.42. The number of carbonyl (C=O) groups is 2. The zero-order valence-electron chi connectivity index (χ0n) is 19.0. The summed E-state index contributed by atoms with van der Waals surface area (Å²) in [6.07, 6.45) is 1.68. The van der Waals surface area contributed by atoms with Crippen molar-refractivity contribution in [3.63, 3.8) is 0 Å². The van der Waals surface area contributed by atoms with E-state index < -0.39 is 6.04 Å². The number of benzene rings is 2. The van der Waals surface area contributed by atoms with Crippen molar-refractivity contribution in [3.05, 3.63) is 53.6 Å². The highest BCUT2D eigenvalue weighted by molar-refractivity contribution is 5.97. The maximum absolute atomic E-state index is 13.3. The smallest absolute Gasteiger partial charge is 0.227 e. The van der Waals surface area contributed by atoms with E-state index in [-0.39, 0.29) is 23.8 Å². The molecule has 0 unspecified atom stereocenters. The van der Waals surface area contributed by atoms with Crippen LogP contribution in [0.25, 0.3) is 0 Å². The van der Waals surface area contributed by atoms with Crippen molar-refractivity contribution >= 4 is 17.5 Å². The topological polar surface area (TPSA) is 67.9 Å². The van der Waals surface area contributed by atoms with Crippen molar-refractivity contribution in [3.8, 4) is 11.5 Å². The number of hydrogen-bond acceptors (Lipinski definition) is 4. The predicted octanol–water partition coefficient (Wildman–Crippen LogP) is 4.41. The summed E-state index contributed by atoms with van der Waals surface area (Å²) in [5.41, 5.74) is 2.74. The van der Waals surface area contributed by atoms with E-state index in [0.717, 1.165) is 23.2 Å². The molecule has 1 aliphatic heterocycles. The standard InChI is InChI=1S/C25H32N2O4/c1-6-17(3)26-25(29)20-12-14-23(28)27(19-10-7-16(2)8-11-19)24(20)18-9-13-21(30-4)22(15-18)31-5/h7-11,13,15,17,20,24H,6,12,14H2,1-5H3,(H,26,29)/t17-,20+,24+/m0/s1. The Morgan fingerprint density at radius 3 is 2.42 bits per heavy atom. The second-order valence-corrected chi connectivity index (χ2v) is 8.12. The molecular weight excluding hydrogens is 392 g/mol.